The highest BCUT2D eigenvalue weighted by Gasteiger charge is 2.66. The van der Waals surface area contributed by atoms with E-state index in [0.29, 0.717) is 5.56 Å². The zero-order valence-electron chi connectivity index (χ0n) is 12.6. The van der Waals surface area contributed by atoms with Gasteiger partial charge in [0.25, 0.3) is 5.69 Å². The number of nitrogens with zero attached hydrogens (tertiary/aromatic N) is 2. The molecule has 3 aliphatic rings. The molecule has 2 bridgehead atoms. The van der Waals surface area contributed by atoms with Gasteiger partial charge >= 0.3 is 0 Å². The Hall–Kier alpha value is -2.54. The average molecular weight is 314 g/mol. The largest absolute Gasteiger partial charge is 0.362 e. The summed E-state index contributed by atoms with van der Waals surface area (Å²) in [4.78, 5) is 37.2. The molecule has 2 amide bonds. The Morgan fingerprint density at radius 1 is 1.30 bits per heavy atom. The van der Waals surface area contributed by atoms with E-state index in [2.05, 4.69) is 0 Å². The SMILES string of the molecule is Cc1ccc([N+](=O)[O-])cc1N1C(=O)[C@@H]2[C@@H](C1=O)[C@@]1(C)C=C[C@H]2O1. The zero-order valence-corrected chi connectivity index (χ0v) is 12.6. The van der Waals surface area contributed by atoms with Gasteiger partial charge in [0.15, 0.2) is 0 Å². The number of ether oxygens (including phenoxy) is 1. The summed E-state index contributed by atoms with van der Waals surface area (Å²) < 4.78 is 5.76. The summed E-state index contributed by atoms with van der Waals surface area (Å²) in [5.41, 5.74) is 0.00732. The van der Waals surface area contributed by atoms with Crippen LogP contribution in [0, 0.1) is 28.9 Å². The van der Waals surface area contributed by atoms with Gasteiger partial charge in [0, 0.05) is 12.1 Å². The maximum atomic E-state index is 12.8. The Kier molecular flexibility index (Phi) is 2.61. The third-order valence-electron chi connectivity index (χ3n) is 4.97. The Labute approximate surface area is 131 Å². The van der Waals surface area contributed by atoms with Crippen molar-refractivity contribution in [2.75, 3.05) is 4.90 Å². The summed E-state index contributed by atoms with van der Waals surface area (Å²) in [6, 6.07) is 4.19. The van der Waals surface area contributed by atoms with E-state index in [-0.39, 0.29) is 23.2 Å². The first-order valence-electron chi connectivity index (χ1n) is 7.33. The highest BCUT2D eigenvalue weighted by molar-refractivity contribution is 6.23. The minimum absolute atomic E-state index is 0.146. The van der Waals surface area contributed by atoms with E-state index >= 15 is 0 Å². The first-order chi connectivity index (χ1) is 10.8. The lowest BCUT2D eigenvalue weighted by molar-refractivity contribution is -0.384. The number of carbonyl (C=O) groups excluding carboxylic acids is 2. The number of carbonyl (C=O) groups is 2. The molecule has 7 heteroatoms. The molecule has 0 spiro atoms. The molecule has 0 radical (unpaired) electrons. The van der Waals surface area contributed by atoms with Gasteiger partial charge < -0.3 is 4.74 Å². The minimum Gasteiger partial charge on any atom is -0.362 e. The smallest absolute Gasteiger partial charge is 0.271 e. The lowest BCUT2D eigenvalue weighted by Gasteiger charge is -2.24. The topological polar surface area (TPSA) is 89.8 Å². The third kappa shape index (κ3) is 1.68. The second-order valence-corrected chi connectivity index (χ2v) is 6.37. The Morgan fingerprint density at radius 3 is 2.70 bits per heavy atom. The molecule has 4 rings (SSSR count). The van der Waals surface area contributed by atoms with Gasteiger partial charge in [-0.05, 0) is 19.4 Å². The summed E-state index contributed by atoms with van der Waals surface area (Å²) in [5, 5.41) is 11.0. The molecule has 0 aromatic heterocycles. The first-order valence-corrected chi connectivity index (χ1v) is 7.33. The number of hydrogen-bond donors (Lipinski definition) is 0. The van der Waals surface area contributed by atoms with Crippen LogP contribution in [0.25, 0.3) is 0 Å². The van der Waals surface area contributed by atoms with Gasteiger partial charge in [-0.25, -0.2) is 4.90 Å². The van der Waals surface area contributed by atoms with Crippen molar-refractivity contribution in [2.45, 2.75) is 25.6 Å². The number of aryl methyl sites for hydroxylation is 1. The van der Waals surface area contributed by atoms with Crippen LogP contribution in [0.5, 0.6) is 0 Å². The minimum atomic E-state index is -0.772. The van der Waals surface area contributed by atoms with Crippen LogP contribution in [-0.4, -0.2) is 28.4 Å². The molecule has 0 saturated carbocycles. The molecule has 0 aliphatic carbocycles. The van der Waals surface area contributed by atoms with Crippen molar-refractivity contribution in [1.29, 1.82) is 0 Å². The number of amides is 2. The number of rotatable bonds is 2. The van der Waals surface area contributed by atoms with E-state index < -0.39 is 28.5 Å². The fourth-order valence-corrected chi connectivity index (χ4v) is 3.84. The van der Waals surface area contributed by atoms with Crippen LogP contribution in [0.1, 0.15) is 12.5 Å². The van der Waals surface area contributed by atoms with Gasteiger partial charge in [-0.1, -0.05) is 18.2 Å². The standard InChI is InChI=1S/C16H14N2O5/c1-8-3-4-9(18(21)22)7-10(8)17-14(19)12-11-5-6-16(2,23-11)13(12)15(17)20/h3-7,11-13H,1-2H3/t11-,12+,13+,16-/m1/s1. The van der Waals surface area contributed by atoms with E-state index in [9.17, 15) is 19.7 Å². The van der Waals surface area contributed by atoms with Gasteiger partial charge in [-0.15, -0.1) is 0 Å². The molecular weight excluding hydrogens is 300 g/mol. The molecule has 1 aromatic rings. The number of hydrogen-bond acceptors (Lipinski definition) is 5. The summed E-state index contributed by atoms with van der Waals surface area (Å²) in [5.74, 6) is -1.81. The molecule has 0 N–H and O–H groups in total. The number of nitro benzene ring substituents is 1. The van der Waals surface area contributed by atoms with Crippen LogP contribution >= 0.6 is 0 Å². The quantitative estimate of drug-likeness (QED) is 0.359. The molecule has 2 saturated heterocycles. The number of non-ortho nitro benzene ring substituents is 1. The van der Waals surface area contributed by atoms with Crippen LogP contribution in [0.15, 0.2) is 30.4 Å². The first kappa shape index (κ1) is 14.1. The summed E-state index contributed by atoms with van der Waals surface area (Å²) in [6.45, 7) is 3.52. The number of fused-ring (bicyclic) bond motifs is 5. The van der Waals surface area contributed by atoms with Crippen molar-refractivity contribution in [3.8, 4) is 0 Å². The van der Waals surface area contributed by atoms with Gasteiger partial charge in [-0.2, -0.15) is 0 Å². The highest BCUT2D eigenvalue weighted by atomic mass is 16.6. The normalized spacial score (nSPS) is 34.3. The number of benzene rings is 1. The summed E-state index contributed by atoms with van der Waals surface area (Å²) in [6.07, 6.45) is 3.25. The Morgan fingerprint density at radius 2 is 2.04 bits per heavy atom. The Balaban J connectivity index is 1.81. The Bertz CT molecular complexity index is 802. The molecule has 3 heterocycles. The average Bonchev–Trinajstić information content (AvgIpc) is 3.09. The maximum absolute atomic E-state index is 12.8. The van der Waals surface area contributed by atoms with E-state index in [0.717, 1.165) is 4.90 Å². The predicted molar refractivity (Wildman–Crippen MR) is 79.7 cm³/mol. The lowest BCUT2D eigenvalue weighted by Crippen LogP contribution is -2.38. The summed E-state index contributed by atoms with van der Waals surface area (Å²) >= 11 is 0. The highest BCUT2D eigenvalue weighted by Crippen LogP contribution is 2.52. The summed E-state index contributed by atoms with van der Waals surface area (Å²) in [7, 11) is 0. The molecule has 1 aromatic carbocycles. The van der Waals surface area contributed by atoms with Crippen LogP contribution in [0.2, 0.25) is 0 Å². The molecule has 23 heavy (non-hydrogen) atoms. The van der Waals surface area contributed by atoms with Crippen molar-refractivity contribution in [1.82, 2.24) is 0 Å². The van der Waals surface area contributed by atoms with E-state index in [4.69, 9.17) is 4.74 Å². The van der Waals surface area contributed by atoms with E-state index in [1.54, 1.807) is 19.9 Å². The second-order valence-electron chi connectivity index (χ2n) is 6.37. The van der Waals surface area contributed by atoms with Crippen LogP contribution in [0.3, 0.4) is 0 Å². The number of nitro groups is 1. The van der Waals surface area contributed by atoms with Crippen molar-refractivity contribution < 1.29 is 19.2 Å². The second kappa shape index (κ2) is 4.26. The van der Waals surface area contributed by atoms with Gasteiger partial charge in [0.05, 0.1) is 34.2 Å². The van der Waals surface area contributed by atoms with Crippen LogP contribution in [-0.2, 0) is 14.3 Å². The van der Waals surface area contributed by atoms with E-state index in [1.807, 2.05) is 12.2 Å². The molecule has 7 nitrogen and oxygen atoms in total. The number of anilines is 1. The monoisotopic (exact) mass is 314 g/mol. The van der Waals surface area contributed by atoms with Crippen molar-refractivity contribution >= 4 is 23.2 Å². The van der Waals surface area contributed by atoms with Gasteiger partial charge in [-0.3, -0.25) is 19.7 Å². The number of imide groups is 1. The third-order valence-corrected chi connectivity index (χ3v) is 4.97. The van der Waals surface area contributed by atoms with Crippen LogP contribution in [0.4, 0.5) is 11.4 Å². The fraction of sp³-hybridized carbons (Fsp3) is 0.375. The van der Waals surface area contributed by atoms with Crippen molar-refractivity contribution in [2.24, 2.45) is 11.8 Å². The molecule has 4 atom stereocenters. The molecule has 118 valence electrons. The molecular formula is C16H14N2O5. The predicted octanol–water partition coefficient (Wildman–Crippen LogP) is 1.74. The zero-order chi connectivity index (χ0) is 16.5. The van der Waals surface area contributed by atoms with Crippen molar-refractivity contribution in [3.05, 3.63) is 46.0 Å². The van der Waals surface area contributed by atoms with Crippen molar-refractivity contribution in [3.63, 3.8) is 0 Å². The molecule has 2 fully saturated rings. The lowest BCUT2D eigenvalue weighted by atomic mass is 9.78. The molecule has 3 aliphatic heterocycles. The fourth-order valence-electron chi connectivity index (χ4n) is 3.84. The van der Waals surface area contributed by atoms with Gasteiger partial charge in [0.1, 0.15) is 0 Å². The van der Waals surface area contributed by atoms with E-state index in [1.165, 1.54) is 12.1 Å². The molecule has 0 unspecified atom stereocenters. The maximum Gasteiger partial charge on any atom is 0.271 e. The van der Waals surface area contributed by atoms with Crippen LogP contribution < -0.4 is 4.90 Å². The van der Waals surface area contributed by atoms with Gasteiger partial charge in [0.2, 0.25) is 11.8 Å².